The smallest absolute Gasteiger partial charge is 0.410 e. The lowest BCUT2D eigenvalue weighted by Gasteiger charge is -2.39. The molecule has 8 nitrogen and oxygen atoms in total. The first-order valence-electron chi connectivity index (χ1n) is 13.0. The van der Waals surface area contributed by atoms with Crippen LogP contribution in [0.5, 0.6) is 0 Å². The normalized spacial score (nSPS) is 20.4. The second-order valence-electron chi connectivity index (χ2n) is 11.0. The van der Waals surface area contributed by atoms with Crippen molar-refractivity contribution in [3.05, 3.63) is 24.3 Å². The Morgan fingerprint density at radius 3 is 2.37 bits per heavy atom. The summed E-state index contributed by atoms with van der Waals surface area (Å²) in [6, 6.07) is 7.86. The van der Waals surface area contributed by atoms with Gasteiger partial charge in [-0.2, -0.15) is 0 Å². The maximum absolute atomic E-state index is 13.0. The van der Waals surface area contributed by atoms with E-state index in [0.717, 1.165) is 63.6 Å². The fourth-order valence-electron chi connectivity index (χ4n) is 4.68. The third kappa shape index (κ3) is 8.10. The van der Waals surface area contributed by atoms with Crippen molar-refractivity contribution in [2.45, 2.75) is 72.1 Å². The standard InChI is InChI=1S/C27H44N4O4/c1-20(2)31(26(33)35-27(4,5)6)19-22-8-7-13-30(18-22)21(3)25(32)28-23-9-11-24(12-10-23)29-14-16-34-17-15-29/h9-12,20-22H,7-8,13-19H2,1-6H3,(H,28,32)/t21-,22+/m0/s1. The predicted octanol–water partition coefficient (Wildman–Crippen LogP) is 4.21. The van der Waals surface area contributed by atoms with Gasteiger partial charge in [-0.25, -0.2) is 4.79 Å². The summed E-state index contributed by atoms with van der Waals surface area (Å²) in [5.41, 5.74) is 1.44. The Kier molecular flexibility index (Phi) is 9.41. The average Bonchev–Trinajstić information content (AvgIpc) is 2.82. The summed E-state index contributed by atoms with van der Waals surface area (Å²) in [7, 11) is 0. The number of ether oxygens (including phenoxy) is 2. The Labute approximate surface area is 210 Å². The minimum absolute atomic E-state index is 0.00219. The van der Waals surface area contributed by atoms with Crippen molar-refractivity contribution in [1.29, 1.82) is 0 Å². The van der Waals surface area contributed by atoms with E-state index in [9.17, 15) is 9.59 Å². The molecule has 2 atom stereocenters. The van der Waals surface area contributed by atoms with Crippen LogP contribution in [-0.4, -0.2) is 85.4 Å². The van der Waals surface area contributed by atoms with E-state index in [1.807, 2.05) is 58.6 Å². The van der Waals surface area contributed by atoms with Gasteiger partial charge < -0.3 is 24.6 Å². The van der Waals surface area contributed by atoms with Crippen LogP contribution < -0.4 is 10.2 Å². The summed E-state index contributed by atoms with van der Waals surface area (Å²) >= 11 is 0. The van der Waals surface area contributed by atoms with E-state index in [4.69, 9.17) is 9.47 Å². The molecule has 2 heterocycles. The van der Waals surface area contributed by atoms with Gasteiger partial charge in [-0.1, -0.05) is 0 Å². The third-order valence-corrected chi connectivity index (χ3v) is 6.69. The molecule has 1 aromatic carbocycles. The zero-order chi connectivity index (χ0) is 25.6. The fraction of sp³-hybridized carbons (Fsp3) is 0.704. The topological polar surface area (TPSA) is 74.4 Å². The van der Waals surface area contributed by atoms with Gasteiger partial charge in [0.2, 0.25) is 5.91 Å². The lowest BCUT2D eigenvalue weighted by molar-refractivity contribution is -0.121. The van der Waals surface area contributed by atoms with Gasteiger partial charge in [-0.15, -0.1) is 0 Å². The number of benzene rings is 1. The van der Waals surface area contributed by atoms with E-state index in [1.165, 1.54) is 0 Å². The molecule has 0 radical (unpaired) electrons. The number of piperidine rings is 1. The van der Waals surface area contributed by atoms with Crippen molar-refractivity contribution in [3.63, 3.8) is 0 Å². The van der Waals surface area contributed by atoms with Gasteiger partial charge in [0.1, 0.15) is 5.60 Å². The molecule has 2 amide bonds. The quantitative estimate of drug-likeness (QED) is 0.620. The van der Waals surface area contributed by atoms with Crippen LogP contribution in [0, 0.1) is 5.92 Å². The van der Waals surface area contributed by atoms with Gasteiger partial charge in [0.25, 0.3) is 0 Å². The predicted molar refractivity (Wildman–Crippen MR) is 140 cm³/mol. The van der Waals surface area contributed by atoms with E-state index in [0.29, 0.717) is 12.5 Å². The summed E-state index contributed by atoms with van der Waals surface area (Å²) in [6.07, 6.45) is 1.78. The molecule has 3 rings (SSSR count). The Hall–Kier alpha value is -2.32. The van der Waals surface area contributed by atoms with E-state index in [2.05, 4.69) is 27.2 Å². The lowest BCUT2D eigenvalue weighted by Crippen LogP contribution is -2.50. The second-order valence-corrected chi connectivity index (χ2v) is 11.0. The summed E-state index contributed by atoms with van der Waals surface area (Å²) < 4.78 is 11.1. The molecule has 2 saturated heterocycles. The van der Waals surface area contributed by atoms with E-state index in [1.54, 1.807) is 0 Å². The summed E-state index contributed by atoms with van der Waals surface area (Å²) in [6.45, 7) is 17.3. The molecule has 1 aromatic rings. The number of rotatable bonds is 7. The maximum Gasteiger partial charge on any atom is 0.410 e. The average molecular weight is 489 g/mol. The number of likely N-dealkylation sites (tertiary alicyclic amines) is 1. The number of morpholine rings is 1. The van der Waals surface area contributed by atoms with E-state index < -0.39 is 5.60 Å². The van der Waals surface area contributed by atoms with Crippen molar-refractivity contribution in [1.82, 2.24) is 9.80 Å². The zero-order valence-electron chi connectivity index (χ0n) is 22.4. The first-order valence-corrected chi connectivity index (χ1v) is 13.0. The molecule has 0 saturated carbocycles. The van der Waals surface area contributed by atoms with Crippen molar-refractivity contribution in [3.8, 4) is 0 Å². The van der Waals surface area contributed by atoms with Gasteiger partial charge in [0.05, 0.1) is 19.3 Å². The molecular weight excluding hydrogens is 444 g/mol. The summed E-state index contributed by atoms with van der Waals surface area (Å²) in [5, 5.41) is 3.08. The highest BCUT2D eigenvalue weighted by Crippen LogP contribution is 2.23. The SMILES string of the molecule is CC(C)N(C[C@@H]1CCCN([C@@H](C)C(=O)Nc2ccc(N3CCOCC3)cc2)C1)C(=O)OC(C)(C)C. The fourth-order valence-corrected chi connectivity index (χ4v) is 4.68. The summed E-state index contributed by atoms with van der Waals surface area (Å²) in [4.78, 5) is 32.1. The molecule has 2 aliphatic heterocycles. The molecule has 1 N–H and O–H groups in total. The van der Waals surface area contributed by atoms with Crippen molar-refractivity contribution >= 4 is 23.4 Å². The van der Waals surface area contributed by atoms with Crippen LogP contribution in [0.1, 0.15) is 54.4 Å². The molecule has 0 aromatic heterocycles. The highest BCUT2D eigenvalue weighted by molar-refractivity contribution is 5.94. The van der Waals surface area contributed by atoms with E-state index in [-0.39, 0.29) is 24.1 Å². The molecule has 2 aliphatic rings. The van der Waals surface area contributed by atoms with Gasteiger partial charge in [-0.05, 0) is 91.1 Å². The first-order chi connectivity index (χ1) is 16.5. The van der Waals surface area contributed by atoms with E-state index >= 15 is 0 Å². The lowest BCUT2D eigenvalue weighted by atomic mass is 9.95. The van der Waals surface area contributed by atoms with Crippen LogP contribution in [0.3, 0.4) is 0 Å². The maximum atomic E-state index is 13.0. The minimum atomic E-state index is -0.518. The second kappa shape index (κ2) is 12.1. The number of hydrogen-bond acceptors (Lipinski definition) is 6. The van der Waals surface area contributed by atoms with Crippen LogP contribution >= 0.6 is 0 Å². The van der Waals surface area contributed by atoms with Crippen LogP contribution in [0.2, 0.25) is 0 Å². The van der Waals surface area contributed by atoms with Crippen LogP contribution in [0.25, 0.3) is 0 Å². The number of carbonyl (C=O) groups excluding carboxylic acids is 2. The largest absolute Gasteiger partial charge is 0.444 e. The Balaban J connectivity index is 1.54. The van der Waals surface area contributed by atoms with Gasteiger partial charge in [0.15, 0.2) is 0 Å². The molecule has 8 heteroatoms. The molecule has 0 spiro atoms. The first kappa shape index (κ1) is 27.3. The Bertz CT molecular complexity index is 831. The van der Waals surface area contributed by atoms with Gasteiger partial charge in [0, 0.05) is 43.6 Å². The monoisotopic (exact) mass is 488 g/mol. The molecule has 0 bridgehead atoms. The third-order valence-electron chi connectivity index (χ3n) is 6.69. The van der Waals surface area contributed by atoms with Gasteiger partial charge in [-0.3, -0.25) is 9.69 Å². The Morgan fingerprint density at radius 2 is 1.77 bits per heavy atom. The number of amides is 2. The molecular formula is C27H44N4O4. The van der Waals surface area contributed by atoms with Crippen molar-refractivity contribution in [2.24, 2.45) is 5.92 Å². The zero-order valence-corrected chi connectivity index (χ0v) is 22.4. The molecule has 196 valence electrons. The highest BCUT2D eigenvalue weighted by Gasteiger charge is 2.31. The molecule has 0 aliphatic carbocycles. The van der Waals surface area contributed by atoms with Crippen LogP contribution in [0.4, 0.5) is 16.2 Å². The number of nitrogens with zero attached hydrogens (tertiary/aromatic N) is 3. The number of carbonyl (C=O) groups is 2. The molecule has 0 unspecified atom stereocenters. The number of nitrogens with one attached hydrogen (secondary N) is 1. The highest BCUT2D eigenvalue weighted by atomic mass is 16.6. The minimum Gasteiger partial charge on any atom is -0.444 e. The van der Waals surface area contributed by atoms with Crippen molar-refractivity contribution in [2.75, 3.05) is 56.2 Å². The van der Waals surface area contributed by atoms with Crippen LogP contribution in [-0.2, 0) is 14.3 Å². The number of anilines is 2. The summed E-state index contributed by atoms with van der Waals surface area (Å²) in [5.74, 6) is 0.305. The Morgan fingerprint density at radius 1 is 1.11 bits per heavy atom. The molecule has 35 heavy (non-hydrogen) atoms. The van der Waals surface area contributed by atoms with Crippen molar-refractivity contribution < 1.29 is 19.1 Å². The van der Waals surface area contributed by atoms with Gasteiger partial charge >= 0.3 is 6.09 Å². The molecule has 2 fully saturated rings. The van der Waals surface area contributed by atoms with Crippen LogP contribution in [0.15, 0.2) is 24.3 Å². The number of hydrogen-bond donors (Lipinski definition) is 1.